The minimum Gasteiger partial charge on any atom is -0.338 e. The van der Waals surface area contributed by atoms with Crippen LogP contribution in [0.5, 0.6) is 0 Å². The number of benzene rings is 1. The monoisotopic (exact) mass is 325 g/mol. The van der Waals surface area contributed by atoms with Gasteiger partial charge in [0.05, 0.1) is 4.90 Å². The second kappa shape index (κ2) is 7.42. The maximum atomic E-state index is 11.5. The number of amides is 2. The van der Waals surface area contributed by atoms with Gasteiger partial charge in [0.1, 0.15) is 0 Å². The van der Waals surface area contributed by atoms with Crippen molar-refractivity contribution in [3.05, 3.63) is 42.1 Å². The van der Waals surface area contributed by atoms with Crippen molar-refractivity contribution in [1.29, 1.82) is 0 Å². The summed E-state index contributed by atoms with van der Waals surface area (Å²) < 4.78 is 22.2. The average Bonchev–Trinajstić information content (AvgIpc) is 2.36. The number of urea groups is 1. The second-order valence-corrected chi connectivity index (χ2v) is 7.60. The fourth-order valence-corrected chi connectivity index (χ4v) is 2.10. The summed E-state index contributed by atoms with van der Waals surface area (Å²) in [5.74, 6) is 0. The number of rotatable bonds is 5. The fourth-order valence-electron chi connectivity index (χ4n) is 1.58. The van der Waals surface area contributed by atoms with Gasteiger partial charge >= 0.3 is 6.03 Å². The molecule has 0 aliphatic carbocycles. The van der Waals surface area contributed by atoms with Gasteiger partial charge in [-0.2, -0.15) is 0 Å². The third-order valence-electron chi connectivity index (χ3n) is 2.75. The van der Waals surface area contributed by atoms with E-state index in [0.29, 0.717) is 13.0 Å². The van der Waals surface area contributed by atoms with Crippen LogP contribution in [0.25, 0.3) is 0 Å². The highest BCUT2D eigenvalue weighted by Crippen LogP contribution is 2.13. The third kappa shape index (κ3) is 7.24. The molecule has 1 aromatic carbocycles. The smallest absolute Gasteiger partial charge is 0.318 e. The highest BCUT2D eigenvalue weighted by molar-refractivity contribution is 7.89. The van der Waals surface area contributed by atoms with Gasteiger partial charge in [0.15, 0.2) is 0 Å². The Kier molecular flexibility index (Phi) is 6.13. The molecular formula is C15H23N3O3S. The summed E-state index contributed by atoms with van der Waals surface area (Å²) in [5.41, 5.74) is 0.927. The molecule has 0 unspecified atom stereocenters. The number of hydrogen-bond donors (Lipinski definition) is 3. The van der Waals surface area contributed by atoms with Gasteiger partial charge in [0.2, 0.25) is 10.0 Å². The summed E-state index contributed by atoms with van der Waals surface area (Å²) in [6.07, 6.45) is 4.12. The van der Waals surface area contributed by atoms with Crippen LogP contribution in [0.1, 0.15) is 26.3 Å². The van der Waals surface area contributed by atoms with Gasteiger partial charge in [-0.25, -0.2) is 18.4 Å². The SMILES string of the molecule is CC(C)(C)/C=C/NC(=O)NCCc1ccc(S(N)(=O)=O)cc1. The Balaban J connectivity index is 2.38. The Morgan fingerprint density at radius 3 is 2.32 bits per heavy atom. The lowest BCUT2D eigenvalue weighted by atomic mass is 9.97. The maximum absolute atomic E-state index is 11.5. The highest BCUT2D eigenvalue weighted by Gasteiger charge is 2.07. The van der Waals surface area contributed by atoms with Crippen LogP contribution in [-0.4, -0.2) is 21.0 Å². The van der Waals surface area contributed by atoms with Gasteiger partial charge in [0.25, 0.3) is 0 Å². The molecule has 2 amide bonds. The van der Waals surface area contributed by atoms with E-state index in [0.717, 1.165) is 5.56 Å². The van der Waals surface area contributed by atoms with Crippen molar-refractivity contribution in [3.8, 4) is 0 Å². The van der Waals surface area contributed by atoms with Crippen LogP contribution in [0.4, 0.5) is 4.79 Å². The second-order valence-electron chi connectivity index (χ2n) is 6.04. The summed E-state index contributed by atoms with van der Waals surface area (Å²) in [4.78, 5) is 11.6. The average molecular weight is 325 g/mol. The van der Waals surface area contributed by atoms with E-state index in [-0.39, 0.29) is 16.3 Å². The standard InChI is InChI=1S/C15H23N3O3S/c1-15(2,3)9-11-18-14(19)17-10-8-12-4-6-13(7-5-12)22(16,20)21/h4-7,9,11H,8,10H2,1-3H3,(H2,16,20,21)(H2,17,18,19)/b11-9+. The molecule has 0 saturated carbocycles. The Labute approximate surface area is 131 Å². The van der Waals surface area contributed by atoms with E-state index in [1.807, 2.05) is 26.8 Å². The molecule has 7 heteroatoms. The molecule has 4 N–H and O–H groups in total. The number of allylic oxidation sites excluding steroid dienone is 1. The Hall–Kier alpha value is -1.86. The van der Waals surface area contributed by atoms with Crippen molar-refractivity contribution < 1.29 is 13.2 Å². The zero-order valence-electron chi connectivity index (χ0n) is 13.1. The quantitative estimate of drug-likeness (QED) is 0.768. The largest absolute Gasteiger partial charge is 0.338 e. The summed E-state index contributed by atoms with van der Waals surface area (Å²) >= 11 is 0. The van der Waals surface area contributed by atoms with Gasteiger partial charge in [-0.15, -0.1) is 0 Å². The molecule has 1 aromatic rings. The Morgan fingerprint density at radius 2 is 1.82 bits per heavy atom. The number of sulfonamides is 1. The molecule has 0 spiro atoms. The van der Waals surface area contributed by atoms with Crippen LogP contribution in [0.15, 0.2) is 41.4 Å². The highest BCUT2D eigenvalue weighted by atomic mass is 32.2. The van der Waals surface area contributed by atoms with Crippen LogP contribution in [0.2, 0.25) is 0 Å². The lowest BCUT2D eigenvalue weighted by molar-refractivity contribution is 0.244. The molecular weight excluding hydrogens is 302 g/mol. The van der Waals surface area contributed by atoms with E-state index < -0.39 is 10.0 Å². The first-order chi connectivity index (χ1) is 10.1. The number of nitrogens with one attached hydrogen (secondary N) is 2. The number of carbonyl (C=O) groups is 1. The van der Waals surface area contributed by atoms with Crippen LogP contribution < -0.4 is 15.8 Å². The van der Waals surface area contributed by atoms with E-state index >= 15 is 0 Å². The zero-order chi connectivity index (χ0) is 16.8. The van der Waals surface area contributed by atoms with E-state index in [9.17, 15) is 13.2 Å². The molecule has 0 bridgehead atoms. The summed E-state index contributed by atoms with van der Waals surface area (Å²) in [6, 6.07) is 5.99. The molecule has 0 aliphatic rings. The lowest BCUT2D eigenvalue weighted by Gasteiger charge is -2.11. The molecule has 22 heavy (non-hydrogen) atoms. The molecule has 0 aliphatic heterocycles. The zero-order valence-corrected chi connectivity index (χ0v) is 13.9. The predicted molar refractivity (Wildman–Crippen MR) is 86.6 cm³/mol. The normalized spacial score (nSPS) is 12.4. The fraction of sp³-hybridized carbons (Fsp3) is 0.400. The van der Waals surface area contributed by atoms with Crippen LogP contribution in [0.3, 0.4) is 0 Å². The number of hydrogen-bond acceptors (Lipinski definition) is 3. The molecule has 0 radical (unpaired) electrons. The molecule has 1 rings (SSSR count). The van der Waals surface area contributed by atoms with Gasteiger partial charge < -0.3 is 10.6 Å². The molecule has 0 fully saturated rings. The van der Waals surface area contributed by atoms with Crippen molar-refractivity contribution >= 4 is 16.1 Å². The van der Waals surface area contributed by atoms with Gasteiger partial charge in [-0.05, 0) is 29.5 Å². The summed E-state index contributed by atoms with van der Waals surface area (Å²) in [5, 5.41) is 10.4. The van der Waals surface area contributed by atoms with E-state index in [1.54, 1.807) is 18.3 Å². The maximum Gasteiger partial charge on any atom is 0.318 e. The van der Waals surface area contributed by atoms with Gasteiger partial charge in [-0.3, -0.25) is 0 Å². The minimum atomic E-state index is -3.66. The number of carbonyl (C=O) groups excluding carboxylic acids is 1. The van der Waals surface area contributed by atoms with Crippen molar-refractivity contribution in [1.82, 2.24) is 10.6 Å². The van der Waals surface area contributed by atoms with E-state index in [2.05, 4.69) is 10.6 Å². The van der Waals surface area contributed by atoms with Crippen molar-refractivity contribution in [2.45, 2.75) is 32.1 Å². The Morgan fingerprint density at radius 1 is 1.23 bits per heavy atom. The summed E-state index contributed by atoms with van der Waals surface area (Å²) in [7, 11) is -3.66. The van der Waals surface area contributed by atoms with Crippen molar-refractivity contribution in [2.24, 2.45) is 10.6 Å². The van der Waals surface area contributed by atoms with Crippen molar-refractivity contribution in [2.75, 3.05) is 6.54 Å². The topological polar surface area (TPSA) is 101 Å². The van der Waals surface area contributed by atoms with E-state index in [4.69, 9.17) is 5.14 Å². The van der Waals surface area contributed by atoms with Crippen LogP contribution in [0, 0.1) is 5.41 Å². The Bertz CT molecular complexity index is 629. The van der Waals surface area contributed by atoms with Crippen molar-refractivity contribution in [3.63, 3.8) is 0 Å². The first-order valence-electron chi connectivity index (χ1n) is 6.92. The molecule has 0 aromatic heterocycles. The first-order valence-corrected chi connectivity index (χ1v) is 8.46. The molecule has 0 heterocycles. The van der Waals surface area contributed by atoms with Gasteiger partial charge in [-0.1, -0.05) is 39.0 Å². The summed E-state index contributed by atoms with van der Waals surface area (Å²) in [6.45, 7) is 6.56. The minimum absolute atomic E-state index is 0.0123. The van der Waals surface area contributed by atoms with Crippen LogP contribution in [-0.2, 0) is 16.4 Å². The number of nitrogens with two attached hydrogens (primary N) is 1. The molecule has 6 nitrogen and oxygen atoms in total. The predicted octanol–water partition coefficient (Wildman–Crippen LogP) is 1.74. The van der Waals surface area contributed by atoms with E-state index in [1.165, 1.54) is 12.1 Å². The number of primary sulfonamides is 1. The molecule has 0 saturated heterocycles. The van der Waals surface area contributed by atoms with Crippen LogP contribution >= 0.6 is 0 Å². The van der Waals surface area contributed by atoms with Gasteiger partial charge in [0, 0.05) is 12.7 Å². The molecule has 122 valence electrons. The third-order valence-corrected chi connectivity index (χ3v) is 3.68. The first kappa shape index (κ1) is 18.2. The molecule has 0 atom stereocenters. The lowest BCUT2D eigenvalue weighted by Crippen LogP contribution is -2.33.